The molecule has 2 aliphatic rings. The van der Waals surface area contributed by atoms with Crippen molar-refractivity contribution >= 4 is 12.0 Å². The van der Waals surface area contributed by atoms with Gasteiger partial charge in [-0.25, -0.2) is 4.79 Å². The molecule has 2 rings (SSSR count). The summed E-state index contributed by atoms with van der Waals surface area (Å²) < 4.78 is 4.60. The van der Waals surface area contributed by atoms with E-state index in [1.165, 1.54) is 20.0 Å². The highest BCUT2D eigenvalue weighted by Crippen LogP contribution is 2.54. The Bertz CT molecular complexity index is 377. The second-order valence-corrected chi connectivity index (χ2v) is 6.38. The monoisotopic (exact) mass is 268 g/mol. The average molecular weight is 268 g/mol. The summed E-state index contributed by atoms with van der Waals surface area (Å²) in [4.78, 5) is 25.9. The van der Waals surface area contributed by atoms with Gasteiger partial charge in [0.15, 0.2) is 0 Å². The molecular weight excluding hydrogens is 244 g/mol. The second-order valence-electron chi connectivity index (χ2n) is 6.38. The summed E-state index contributed by atoms with van der Waals surface area (Å²) in [5.74, 6) is 0.0752. The Balaban J connectivity index is 2.04. The van der Waals surface area contributed by atoms with E-state index in [9.17, 15) is 9.59 Å². The molecule has 2 fully saturated rings. The number of methoxy groups -OCH3 is 1. The molecule has 2 atom stereocenters. The molecule has 0 aromatic rings. The van der Waals surface area contributed by atoms with Crippen molar-refractivity contribution in [1.82, 2.24) is 10.2 Å². The number of hydrogen-bond donors (Lipinski definition) is 1. The van der Waals surface area contributed by atoms with E-state index >= 15 is 0 Å². The Labute approximate surface area is 114 Å². The molecule has 1 heterocycles. The van der Waals surface area contributed by atoms with Gasteiger partial charge in [-0.05, 0) is 37.5 Å². The van der Waals surface area contributed by atoms with Gasteiger partial charge in [0.1, 0.15) is 6.04 Å². The largest absolute Gasteiger partial charge is 0.453 e. The first kappa shape index (κ1) is 14.2. The van der Waals surface area contributed by atoms with E-state index in [4.69, 9.17) is 0 Å². The molecule has 0 aromatic heterocycles. The van der Waals surface area contributed by atoms with E-state index in [1.807, 2.05) is 18.7 Å². The van der Waals surface area contributed by atoms with Crippen LogP contribution in [0.5, 0.6) is 0 Å². The number of nitrogens with zero attached hydrogens (tertiary/aromatic N) is 1. The summed E-state index contributed by atoms with van der Waals surface area (Å²) in [6, 6.07) is -0.223. The van der Waals surface area contributed by atoms with E-state index in [1.54, 1.807) is 0 Å². The number of hydrogen-bond acceptors (Lipinski definition) is 3. The highest BCUT2D eigenvalue weighted by Gasteiger charge is 2.52. The van der Waals surface area contributed by atoms with Gasteiger partial charge in [-0.15, -0.1) is 0 Å². The Morgan fingerprint density at radius 3 is 2.42 bits per heavy atom. The lowest BCUT2D eigenvalue weighted by Crippen LogP contribution is -2.52. The van der Waals surface area contributed by atoms with Crippen molar-refractivity contribution in [3.63, 3.8) is 0 Å². The molecule has 1 unspecified atom stereocenters. The maximum Gasteiger partial charge on any atom is 0.407 e. The van der Waals surface area contributed by atoms with Crippen molar-refractivity contribution in [3.8, 4) is 0 Å². The number of likely N-dealkylation sites (tertiary alicyclic amines) is 1. The van der Waals surface area contributed by atoms with Crippen LogP contribution in [0.3, 0.4) is 0 Å². The number of alkyl carbamates (subject to hydrolysis) is 1. The molecule has 5 nitrogen and oxygen atoms in total. The number of rotatable bonds is 3. The summed E-state index contributed by atoms with van der Waals surface area (Å²) in [5, 5.41) is 2.66. The maximum atomic E-state index is 12.6. The predicted octanol–water partition coefficient (Wildman–Crippen LogP) is 1.77. The predicted molar refractivity (Wildman–Crippen MR) is 71.6 cm³/mol. The maximum absolute atomic E-state index is 12.6. The van der Waals surface area contributed by atoms with Crippen LogP contribution in [0.15, 0.2) is 0 Å². The molecule has 0 bridgehead atoms. The van der Waals surface area contributed by atoms with Crippen molar-refractivity contribution in [2.45, 2.75) is 52.1 Å². The summed E-state index contributed by atoms with van der Waals surface area (Å²) in [5.41, 5.74) is 0.391. The van der Waals surface area contributed by atoms with Crippen LogP contribution in [0.25, 0.3) is 0 Å². The lowest BCUT2D eigenvalue weighted by molar-refractivity contribution is -0.135. The fraction of sp³-hybridized carbons (Fsp3) is 0.857. The summed E-state index contributed by atoms with van der Waals surface area (Å²) >= 11 is 0. The van der Waals surface area contributed by atoms with E-state index < -0.39 is 12.1 Å². The number of nitrogens with one attached hydrogen (secondary N) is 1. The van der Waals surface area contributed by atoms with Crippen LogP contribution in [0.2, 0.25) is 0 Å². The first-order valence-corrected chi connectivity index (χ1v) is 7.03. The Morgan fingerprint density at radius 2 is 2.00 bits per heavy atom. The molecular formula is C14H24N2O3. The normalized spacial score (nSPS) is 25.5. The minimum atomic E-state index is -0.542. The highest BCUT2D eigenvalue weighted by atomic mass is 16.5. The van der Waals surface area contributed by atoms with Crippen LogP contribution >= 0.6 is 0 Å². The Kier molecular flexibility index (Phi) is 3.74. The topological polar surface area (TPSA) is 58.6 Å². The van der Waals surface area contributed by atoms with Crippen molar-refractivity contribution in [3.05, 3.63) is 0 Å². The van der Waals surface area contributed by atoms with Gasteiger partial charge in [-0.2, -0.15) is 0 Å². The van der Waals surface area contributed by atoms with Gasteiger partial charge in [0.2, 0.25) is 5.91 Å². The van der Waals surface area contributed by atoms with Crippen molar-refractivity contribution in [2.75, 3.05) is 13.7 Å². The number of carbonyl (C=O) groups is 2. The zero-order valence-corrected chi connectivity index (χ0v) is 12.2. The van der Waals surface area contributed by atoms with Crippen LogP contribution in [0, 0.1) is 11.3 Å². The van der Waals surface area contributed by atoms with Crippen molar-refractivity contribution in [1.29, 1.82) is 0 Å². The van der Waals surface area contributed by atoms with Gasteiger partial charge in [-0.3, -0.25) is 4.79 Å². The molecule has 1 N–H and O–H groups in total. The summed E-state index contributed by atoms with van der Waals surface area (Å²) in [7, 11) is 1.31. The smallest absolute Gasteiger partial charge is 0.407 e. The van der Waals surface area contributed by atoms with Crippen LogP contribution in [0.4, 0.5) is 4.79 Å². The average Bonchev–Trinajstić information content (AvgIpc) is 3.01. The molecule has 1 saturated heterocycles. The molecule has 0 radical (unpaired) electrons. The Morgan fingerprint density at radius 1 is 1.37 bits per heavy atom. The number of ether oxygens (including phenoxy) is 1. The van der Waals surface area contributed by atoms with Gasteiger partial charge < -0.3 is 15.0 Å². The number of amides is 2. The molecule has 19 heavy (non-hydrogen) atoms. The van der Waals surface area contributed by atoms with Gasteiger partial charge in [0, 0.05) is 12.6 Å². The van der Waals surface area contributed by atoms with Gasteiger partial charge in [-0.1, -0.05) is 13.8 Å². The highest BCUT2D eigenvalue weighted by molar-refractivity contribution is 5.86. The van der Waals surface area contributed by atoms with Crippen LogP contribution < -0.4 is 5.32 Å². The summed E-state index contributed by atoms with van der Waals surface area (Å²) in [6.07, 6.45) is 3.03. The van der Waals surface area contributed by atoms with E-state index in [-0.39, 0.29) is 17.9 Å². The standard InChI is InChI=1S/C14H24N2O3/c1-9(2)11(15-13(18)19-4)12(17)16-8-14(5-6-14)7-10(16)3/h9-11H,5-8H2,1-4H3,(H,15,18)/t10-,11?/m1/s1. The van der Waals surface area contributed by atoms with Crippen LogP contribution in [-0.4, -0.2) is 42.6 Å². The quantitative estimate of drug-likeness (QED) is 0.848. The lowest BCUT2D eigenvalue weighted by atomic mass is 10.0. The van der Waals surface area contributed by atoms with Gasteiger partial charge in [0.05, 0.1) is 7.11 Å². The van der Waals surface area contributed by atoms with Gasteiger partial charge in [0.25, 0.3) is 0 Å². The molecule has 0 aromatic carbocycles. The lowest BCUT2D eigenvalue weighted by Gasteiger charge is -2.29. The van der Waals surface area contributed by atoms with E-state index in [0.717, 1.165) is 13.0 Å². The van der Waals surface area contributed by atoms with Crippen molar-refractivity contribution in [2.24, 2.45) is 11.3 Å². The Hall–Kier alpha value is -1.26. The third-order valence-corrected chi connectivity index (χ3v) is 4.40. The van der Waals surface area contributed by atoms with Crippen LogP contribution in [-0.2, 0) is 9.53 Å². The zero-order chi connectivity index (χ0) is 14.2. The second kappa shape index (κ2) is 5.02. The molecule has 108 valence electrons. The molecule has 1 aliphatic carbocycles. The van der Waals surface area contributed by atoms with Crippen LogP contribution in [0.1, 0.15) is 40.0 Å². The molecule has 1 saturated carbocycles. The molecule has 5 heteroatoms. The zero-order valence-electron chi connectivity index (χ0n) is 12.2. The third-order valence-electron chi connectivity index (χ3n) is 4.40. The molecule has 2 amide bonds. The first-order valence-electron chi connectivity index (χ1n) is 7.03. The molecule has 1 spiro atoms. The number of carbonyl (C=O) groups excluding carboxylic acids is 2. The summed E-state index contributed by atoms with van der Waals surface area (Å²) in [6.45, 7) is 6.82. The van der Waals surface area contributed by atoms with E-state index in [2.05, 4.69) is 17.0 Å². The van der Waals surface area contributed by atoms with Gasteiger partial charge >= 0.3 is 6.09 Å². The minimum Gasteiger partial charge on any atom is -0.453 e. The first-order chi connectivity index (χ1) is 8.88. The third kappa shape index (κ3) is 2.85. The minimum absolute atomic E-state index is 0.0247. The SMILES string of the molecule is COC(=O)NC(C(=O)N1CC2(CC2)C[C@H]1C)C(C)C. The fourth-order valence-corrected chi connectivity index (χ4v) is 3.03. The van der Waals surface area contributed by atoms with Crippen molar-refractivity contribution < 1.29 is 14.3 Å². The van der Waals surface area contributed by atoms with E-state index in [0.29, 0.717) is 5.41 Å². The molecule has 1 aliphatic heterocycles. The fourth-order valence-electron chi connectivity index (χ4n) is 3.03.